The normalized spacial score (nSPS) is 16.2. The van der Waals surface area contributed by atoms with Gasteiger partial charge >= 0.3 is 6.18 Å². The predicted octanol–water partition coefficient (Wildman–Crippen LogP) is 9.17. The molecule has 2 aromatic heterocycles. The van der Waals surface area contributed by atoms with Gasteiger partial charge in [0.25, 0.3) is 5.91 Å². The minimum Gasteiger partial charge on any atom is -0.385 e. The average molecular weight is 1030 g/mol. The van der Waals surface area contributed by atoms with E-state index in [0.717, 1.165) is 51.5 Å². The summed E-state index contributed by atoms with van der Waals surface area (Å²) < 4.78 is 62.5. The number of benzene rings is 3. The van der Waals surface area contributed by atoms with Crippen molar-refractivity contribution in [1.82, 2.24) is 25.5 Å². The van der Waals surface area contributed by atoms with Crippen LogP contribution >= 0.6 is 23.6 Å². The Hall–Kier alpha value is -6.82. The number of aromatic nitrogens is 2. The molecule has 2 atom stereocenters. The standard InChI is InChI=1S/C52H55F4N9O5S2/c1-31-44(72-30-61-31)34-13-11-32(12-14-34)27-60-46(67)40-10-9-24-63(40)47(68)45(50(2,3)4)62-41(66)29-70-25-8-7-23-58-36-18-15-33(16-19-36)38-21-20-37(28-59-38)65-49(71)64(48(69)51(65,5)6)39-22-17-35(26-57)42(43(39)53)52(54,55)56/h11-22,28,30,40,45,58H,7-10,23-25,27,29H2,1-6H3,(H,60,67)(H,62,66). The maximum atomic E-state index is 15.4. The van der Waals surface area contributed by atoms with Crippen LogP contribution in [-0.4, -0.2) is 87.5 Å². The number of thiazole rings is 1. The number of nitrogens with one attached hydrogen (secondary N) is 3. The molecule has 0 radical (unpaired) electrons. The van der Waals surface area contributed by atoms with Crippen molar-refractivity contribution < 1.29 is 41.5 Å². The molecule has 0 saturated carbocycles. The highest BCUT2D eigenvalue weighted by Crippen LogP contribution is 2.42. The summed E-state index contributed by atoms with van der Waals surface area (Å²) in [6, 6.07) is 20.4. The molecule has 3 N–H and O–H groups in total. The highest BCUT2D eigenvalue weighted by Gasteiger charge is 2.52. The van der Waals surface area contributed by atoms with Crippen LogP contribution in [0.3, 0.4) is 0 Å². The number of halogens is 4. The summed E-state index contributed by atoms with van der Waals surface area (Å²) in [7, 11) is 0. The number of rotatable bonds is 17. The summed E-state index contributed by atoms with van der Waals surface area (Å²) in [6.07, 6.45) is -1.11. The van der Waals surface area contributed by atoms with Gasteiger partial charge < -0.3 is 30.5 Å². The lowest BCUT2D eigenvalue weighted by molar-refractivity contribution is -0.144. The molecule has 20 heteroatoms. The monoisotopic (exact) mass is 1030 g/mol. The number of hydrogen-bond acceptors (Lipinski definition) is 11. The number of alkyl halides is 3. The molecule has 378 valence electrons. The summed E-state index contributed by atoms with van der Waals surface area (Å²) in [6.45, 7) is 12.1. The molecule has 14 nitrogen and oxygen atoms in total. The zero-order valence-electron chi connectivity index (χ0n) is 40.7. The highest BCUT2D eigenvalue weighted by atomic mass is 32.1. The van der Waals surface area contributed by atoms with Crippen molar-refractivity contribution in [2.24, 2.45) is 5.41 Å². The smallest absolute Gasteiger partial charge is 0.385 e. The Morgan fingerprint density at radius 3 is 2.32 bits per heavy atom. The molecule has 2 aliphatic heterocycles. The predicted molar refractivity (Wildman–Crippen MR) is 271 cm³/mol. The molecule has 0 aliphatic carbocycles. The van der Waals surface area contributed by atoms with Crippen molar-refractivity contribution in [3.63, 3.8) is 0 Å². The van der Waals surface area contributed by atoms with Gasteiger partial charge in [-0.05, 0) is 112 Å². The van der Waals surface area contributed by atoms with Gasteiger partial charge in [0.15, 0.2) is 10.9 Å². The van der Waals surface area contributed by atoms with E-state index < -0.39 is 63.7 Å². The number of carbonyl (C=O) groups excluding carboxylic acids is 4. The molecule has 2 saturated heterocycles. The number of unbranched alkanes of at least 4 members (excludes halogenated alkanes) is 1. The van der Waals surface area contributed by atoms with Crippen molar-refractivity contribution in [2.75, 3.05) is 41.4 Å². The summed E-state index contributed by atoms with van der Waals surface area (Å²) in [5, 5.41) is 18.2. The zero-order chi connectivity index (χ0) is 52.1. The fraction of sp³-hybridized carbons (Fsp3) is 0.385. The van der Waals surface area contributed by atoms with Crippen LogP contribution in [-0.2, 0) is 36.6 Å². The van der Waals surface area contributed by atoms with Gasteiger partial charge in [-0.2, -0.15) is 18.4 Å². The zero-order valence-corrected chi connectivity index (χ0v) is 42.3. The van der Waals surface area contributed by atoms with E-state index in [9.17, 15) is 37.6 Å². The quantitative estimate of drug-likeness (QED) is 0.0461. The van der Waals surface area contributed by atoms with Crippen LogP contribution in [0.25, 0.3) is 21.7 Å². The average Bonchev–Trinajstić information content (AvgIpc) is 4.05. The van der Waals surface area contributed by atoms with Crippen molar-refractivity contribution in [2.45, 2.75) is 97.6 Å². The van der Waals surface area contributed by atoms with Crippen LogP contribution < -0.4 is 25.8 Å². The Balaban J connectivity index is 0.840. The number of thiocarbonyl (C=S) groups is 1. The summed E-state index contributed by atoms with van der Waals surface area (Å²) >= 11 is 7.13. The van der Waals surface area contributed by atoms with E-state index in [4.69, 9.17) is 17.0 Å². The van der Waals surface area contributed by atoms with Crippen LogP contribution in [0.4, 0.5) is 34.6 Å². The van der Waals surface area contributed by atoms with E-state index in [1.165, 1.54) is 31.0 Å². The lowest BCUT2D eigenvalue weighted by Gasteiger charge is -2.35. The summed E-state index contributed by atoms with van der Waals surface area (Å²) in [4.78, 5) is 67.7. The van der Waals surface area contributed by atoms with Gasteiger partial charge in [0.2, 0.25) is 17.7 Å². The first-order valence-electron chi connectivity index (χ1n) is 23.4. The topological polar surface area (TPSA) is 173 Å². The van der Waals surface area contributed by atoms with Gasteiger partial charge in [-0.3, -0.25) is 29.1 Å². The molecule has 5 aromatic rings. The second-order valence-electron chi connectivity index (χ2n) is 19.2. The van der Waals surface area contributed by atoms with Crippen molar-refractivity contribution >= 4 is 69.4 Å². The van der Waals surface area contributed by atoms with Crippen LogP contribution in [0.5, 0.6) is 0 Å². The van der Waals surface area contributed by atoms with Gasteiger partial charge in [-0.1, -0.05) is 57.2 Å². The van der Waals surface area contributed by atoms with Crippen LogP contribution in [0, 0.1) is 29.5 Å². The second kappa shape index (κ2) is 21.9. The minimum absolute atomic E-state index is 0.223. The van der Waals surface area contributed by atoms with Crippen molar-refractivity contribution in [3.05, 3.63) is 113 Å². The van der Waals surface area contributed by atoms with Crippen LogP contribution in [0.1, 0.15) is 82.7 Å². The van der Waals surface area contributed by atoms with Gasteiger partial charge in [0, 0.05) is 37.5 Å². The van der Waals surface area contributed by atoms with E-state index in [0.29, 0.717) is 61.8 Å². The van der Waals surface area contributed by atoms with Gasteiger partial charge in [-0.15, -0.1) is 11.3 Å². The Kier molecular flexibility index (Phi) is 16.1. The number of pyridine rings is 1. The Labute approximate surface area is 424 Å². The number of ether oxygens (including phenoxy) is 1. The minimum atomic E-state index is -5.19. The molecule has 7 rings (SSSR count). The fourth-order valence-electron chi connectivity index (χ4n) is 8.70. The first-order valence-corrected chi connectivity index (χ1v) is 24.6. The number of anilines is 3. The Morgan fingerprint density at radius 2 is 1.69 bits per heavy atom. The molecule has 0 spiro atoms. The molecule has 0 bridgehead atoms. The Morgan fingerprint density at radius 1 is 0.986 bits per heavy atom. The second-order valence-corrected chi connectivity index (χ2v) is 20.4. The number of aryl methyl sites for hydroxylation is 1. The lowest BCUT2D eigenvalue weighted by Crippen LogP contribution is -2.58. The van der Waals surface area contributed by atoms with Gasteiger partial charge in [0.1, 0.15) is 29.8 Å². The molecule has 4 amide bonds. The third kappa shape index (κ3) is 11.6. The van der Waals surface area contributed by atoms with Crippen molar-refractivity contribution in [3.8, 4) is 27.8 Å². The number of likely N-dealkylation sites (tertiary alicyclic amines) is 1. The van der Waals surface area contributed by atoms with E-state index in [1.807, 2.05) is 81.7 Å². The summed E-state index contributed by atoms with van der Waals surface area (Å²) in [5.41, 5.74) is 1.89. The van der Waals surface area contributed by atoms with Gasteiger partial charge in [0.05, 0.1) is 51.0 Å². The first-order chi connectivity index (χ1) is 34.1. The van der Waals surface area contributed by atoms with Crippen LogP contribution in [0.2, 0.25) is 0 Å². The van der Waals surface area contributed by atoms with E-state index in [-0.39, 0.29) is 23.5 Å². The molecular weight excluding hydrogens is 971 g/mol. The molecule has 2 fully saturated rings. The van der Waals surface area contributed by atoms with Crippen molar-refractivity contribution in [1.29, 1.82) is 5.26 Å². The first kappa shape index (κ1) is 53.0. The largest absolute Gasteiger partial charge is 0.420 e. The highest BCUT2D eigenvalue weighted by molar-refractivity contribution is 7.81. The third-order valence-electron chi connectivity index (χ3n) is 12.6. The molecule has 72 heavy (non-hydrogen) atoms. The van der Waals surface area contributed by atoms with E-state index >= 15 is 4.39 Å². The van der Waals surface area contributed by atoms with E-state index in [2.05, 4.69) is 25.9 Å². The maximum Gasteiger partial charge on any atom is 0.420 e. The molecule has 2 unspecified atom stereocenters. The third-order valence-corrected chi connectivity index (χ3v) is 13.9. The molecule has 4 heterocycles. The van der Waals surface area contributed by atoms with Gasteiger partial charge in [-0.25, -0.2) is 9.37 Å². The fourth-order valence-corrected chi connectivity index (χ4v) is 10.0. The molecular formula is C52H55F4N9O5S2. The number of nitrogens with zero attached hydrogens (tertiary/aromatic N) is 6. The molecule has 3 aromatic carbocycles. The summed E-state index contributed by atoms with van der Waals surface area (Å²) in [5.74, 6) is -3.49. The van der Waals surface area contributed by atoms with Crippen LogP contribution in [0.15, 0.2) is 84.5 Å². The number of carbonyl (C=O) groups is 4. The maximum absolute atomic E-state index is 15.4. The molecule has 2 aliphatic rings. The number of nitriles is 1. The van der Waals surface area contributed by atoms with E-state index in [1.54, 1.807) is 28.4 Å². The number of hydrogen-bond donors (Lipinski definition) is 3. The Bertz CT molecular complexity index is 2860. The lowest BCUT2D eigenvalue weighted by atomic mass is 9.85. The SMILES string of the molecule is Cc1ncsc1-c1ccc(CNC(=O)C2CCCN2C(=O)C(NC(=O)COCCCCNc2ccc(-c3ccc(N4C(=S)N(c5ccc(C#N)c(C(F)(F)F)c5F)C(=O)C4(C)C)cn3)cc2)C(C)(C)C)cc1. The number of amides is 4.